The summed E-state index contributed by atoms with van der Waals surface area (Å²) < 4.78 is 11.7. The Hall–Kier alpha value is -2.90. The maximum Gasteiger partial charge on any atom is 0.261 e. The highest BCUT2D eigenvalue weighted by Gasteiger charge is 2.34. The number of para-hydroxylation sites is 1. The van der Waals surface area contributed by atoms with E-state index in [1.54, 1.807) is 0 Å². The molecule has 8 nitrogen and oxygen atoms in total. The van der Waals surface area contributed by atoms with Crippen molar-refractivity contribution in [2.24, 2.45) is 0 Å². The van der Waals surface area contributed by atoms with Crippen LogP contribution in [0.1, 0.15) is 69.2 Å². The standard InChI is InChI=1S/C23H30N4O4/c1-2-20(28)26-14-11-17(12-15-26)22-24-25-23(31-22)19-10-6-7-13-27(19)21(29)16-30-18-8-4-3-5-9-18/h3-5,8-9,17,19H,2,6-7,10-16H2,1H3/t19-/m0/s1. The van der Waals surface area contributed by atoms with Crippen molar-refractivity contribution in [3.63, 3.8) is 0 Å². The Kier molecular flexibility index (Phi) is 6.84. The smallest absolute Gasteiger partial charge is 0.261 e. The molecule has 8 heteroatoms. The second-order valence-corrected chi connectivity index (χ2v) is 8.19. The van der Waals surface area contributed by atoms with Crippen LogP contribution in [0.25, 0.3) is 0 Å². The van der Waals surface area contributed by atoms with Crippen molar-refractivity contribution in [1.29, 1.82) is 0 Å². The number of ether oxygens (including phenoxy) is 1. The number of hydrogen-bond donors (Lipinski definition) is 0. The zero-order valence-corrected chi connectivity index (χ0v) is 18.0. The molecule has 2 saturated heterocycles. The lowest BCUT2D eigenvalue weighted by Crippen LogP contribution is -2.41. The van der Waals surface area contributed by atoms with E-state index in [4.69, 9.17) is 9.15 Å². The van der Waals surface area contributed by atoms with E-state index in [9.17, 15) is 9.59 Å². The Labute approximate surface area is 182 Å². The fraction of sp³-hybridized carbons (Fsp3) is 0.565. The summed E-state index contributed by atoms with van der Waals surface area (Å²) >= 11 is 0. The van der Waals surface area contributed by atoms with Gasteiger partial charge in [0, 0.05) is 32.0 Å². The summed E-state index contributed by atoms with van der Waals surface area (Å²) in [6.07, 6.45) is 4.97. The van der Waals surface area contributed by atoms with Gasteiger partial charge >= 0.3 is 0 Å². The molecule has 0 saturated carbocycles. The summed E-state index contributed by atoms with van der Waals surface area (Å²) in [4.78, 5) is 28.5. The Morgan fingerprint density at radius 1 is 1.00 bits per heavy atom. The highest BCUT2D eigenvalue weighted by molar-refractivity contribution is 5.78. The SMILES string of the molecule is CCC(=O)N1CCC(c2nnc([C@@H]3CCCCN3C(=O)COc3ccccc3)o2)CC1. The van der Waals surface area contributed by atoms with Crippen molar-refractivity contribution >= 4 is 11.8 Å². The highest BCUT2D eigenvalue weighted by atomic mass is 16.5. The van der Waals surface area contributed by atoms with Crippen LogP contribution in [-0.2, 0) is 9.59 Å². The number of amides is 2. The minimum Gasteiger partial charge on any atom is -0.484 e. The maximum atomic E-state index is 12.9. The maximum absolute atomic E-state index is 12.9. The second kappa shape index (κ2) is 9.94. The molecule has 2 aromatic rings. The first-order valence-electron chi connectivity index (χ1n) is 11.2. The molecule has 2 aliphatic rings. The highest BCUT2D eigenvalue weighted by Crippen LogP contribution is 2.33. The van der Waals surface area contributed by atoms with Gasteiger partial charge in [0.1, 0.15) is 11.8 Å². The van der Waals surface area contributed by atoms with E-state index in [0.29, 0.717) is 30.5 Å². The van der Waals surface area contributed by atoms with Gasteiger partial charge in [0.2, 0.25) is 17.7 Å². The molecule has 1 aromatic heterocycles. The number of rotatable bonds is 6. The van der Waals surface area contributed by atoms with Crippen LogP contribution in [0.4, 0.5) is 0 Å². The number of carbonyl (C=O) groups excluding carboxylic acids is 2. The third-order valence-corrected chi connectivity index (χ3v) is 6.17. The van der Waals surface area contributed by atoms with E-state index in [-0.39, 0.29) is 30.4 Å². The summed E-state index contributed by atoms with van der Waals surface area (Å²) in [5.74, 6) is 2.10. The molecule has 3 heterocycles. The van der Waals surface area contributed by atoms with Crippen LogP contribution in [0.3, 0.4) is 0 Å². The number of hydrogen-bond acceptors (Lipinski definition) is 6. The number of nitrogens with zero attached hydrogens (tertiary/aromatic N) is 4. The van der Waals surface area contributed by atoms with Gasteiger partial charge in [0.05, 0.1) is 0 Å². The minimum atomic E-state index is -0.205. The molecular weight excluding hydrogens is 396 g/mol. The molecule has 31 heavy (non-hydrogen) atoms. The molecule has 0 bridgehead atoms. The van der Waals surface area contributed by atoms with Crippen LogP contribution in [0.15, 0.2) is 34.7 Å². The van der Waals surface area contributed by atoms with Gasteiger partial charge < -0.3 is 19.0 Å². The summed E-state index contributed by atoms with van der Waals surface area (Å²) in [7, 11) is 0. The quantitative estimate of drug-likeness (QED) is 0.704. The molecular formula is C23H30N4O4. The Morgan fingerprint density at radius 3 is 2.48 bits per heavy atom. The summed E-state index contributed by atoms with van der Waals surface area (Å²) in [6.45, 7) is 3.99. The number of aromatic nitrogens is 2. The second-order valence-electron chi connectivity index (χ2n) is 8.19. The average Bonchev–Trinajstić information content (AvgIpc) is 3.33. The molecule has 0 spiro atoms. The molecule has 0 unspecified atom stereocenters. The monoisotopic (exact) mass is 426 g/mol. The van der Waals surface area contributed by atoms with E-state index in [1.165, 1.54) is 0 Å². The molecule has 2 fully saturated rings. The van der Waals surface area contributed by atoms with Gasteiger partial charge in [0.25, 0.3) is 5.91 Å². The molecule has 2 aliphatic heterocycles. The topological polar surface area (TPSA) is 88.8 Å². The van der Waals surface area contributed by atoms with Gasteiger partial charge in [-0.15, -0.1) is 10.2 Å². The summed E-state index contributed by atoms with van der Waals surface area (Å²) in [6, 6.07) is 9.14. The molecule has 4 rings (SSSR count). The van der Waals surface area contributed by atoms with Crippen LogP contribution in [0.2, 0.25) is 0 Å². The molecule has 0 N–H and O–H groups in total. The van der Waals surface area contributed by atoms with Crippen LogP contribution >= 0.6 is 0 Å². The van der Waals surface area contributed by atoms with Crippen molar-refractivity contribution in [1.82, 2.24) is 20.0 Å². The summed E-state index contributed by atoms with van der Waals surface area (Å²) in [5, 5.41) is 8.61. The van der Waals surface area contributed by atoms with Gasteiger partial charge in [-0.05, 0) is 44.2 Å². The van der Waals surface area contributed by atoms with Gasteiger partial charge in [-0.3, -0.25) is 9.59 Å². The van der Waals surface area contributed by atoms with Gasteiger partial charge in [-0.1, -0.05) is 25.1 Å². The number of piperidine rings is 2. The Bertz CT molecular complexity index is 877. The first kappa shape index (κ1) is 21.3. The largest absolute Gasteiger partial charge is 0.484 e. The fourth-order valence-corrected chi connectivity index (χ4v) is 4.38. The number of carbonyl (C=O) groups is 2. The Balaban J connectivity index is 1.38. The zero-order chi connectivity index (χ0) is 21.6. The average molecular weight is 427 g/mol. The fourth-order valence-electron chi connectivity index (χ4n) is 4.38. The van der Waals surface area contributed by atoms with Crippen molar-refractivity contribution in [3.05, 3.63) is 42.1 Å². The lowest BCUT2D eigenvalue weighted by atomic mass is 9.96. The van der Waals surface area contributed by atoms with Crippen LogP contribution in [0.5, 0.6) is 5.75 Å². The predicted octanol–water partition coefficient (Wildman–Crippen LogP) is 3.32. The molecule has 1 aromatic carbocycles. The lowest BCUT2D eigenvalue weighted by molar-refractivity contribution is -0.138. The molecule has 0 aliphatic carbocycles. The first-order valence-corrected chi connectivity index (χ1v) is 11.2. The molecule has 2 amide bonds. The van der Waals surface area contributed by atoms with E-state index >= 15 is 0 Å². The normalized spacial score (nSPS) is 20.0. The third kappa shape index (κ3) is 5.06. The van der Waals surface area contributed by atoms with E-state index in [2.05, 4.69) is 10.2 Å². The number of likely N-dealkylation sites (tertiary alicyclic amines) is 2. The van der Waals surface area contributed by atoms with Crippen molar-refractivity contribution < 1.29 is 18.7 Å². The van der Waals surface area contributed by atoms with Gasteiger partial charge in [-0.2, -0.15) is 0 Å². The van der Waals surface area contributed by atoms with E-state index < -0.39 is 0 Å². The van der Waals surface area contributed by atoms with Crippen molar-refractivity contribution in [2.45, 2.75) is 57.4 Å². The van der Waals surface area contributed by atoms with Crippen molar-refractivity contribution in [2.75, 3.05) is 26.2 Å². The Morgan fingerprint density at radius 2 is 1.74 bits per heavy atom. The summed E-state index contributed by atoms with van der Waals surface area (Å²) in [5.41, 5.74) is 0. The van der Waals surface area contributed by atoms with Crippen LogP contribution < -0.4 is 4.74 Å². The molecule has 166 valence electrons. The van der Waals surface area contributed by atoms with Crippen molar-refractivity contribution in [3.8, 4) is 5.75 Å². The minimum absolute atomic E-state index is 0.00851. The molecule has 0 radical (unpaired) electrons. The first-order chi connectivity index (χ1) is 15.2. The van der Waals surface area contributed by atoms with Crippen LogP contribution in [0, 0.1) is 0 Å². The van der Waals surface area contributed by atoms with Crippen LogP contribution in [-0.4, -0.2) is 58.1 Å². The van der Waals surface area contributed by atoms with E-state index in [0.717, 1.165) is 45.2 Å². The predicted molar refractivity (Wildman–Crippen MR) is 113 cm³/mol. The lowest BCUT2D eigenvalue weighted by Gasteiger charge is -2.33. The van der Waals surface area contributed by atoms with Gasteiger partial charge in [0.15, 0.2) is 6.61 Å². The molecule has 1 atom stereocenters. The zero-order valence-electron chi connectivity index (χ0n) is 18.0. The van der Waals surface area contributed by atoms with E-state index in [1.807, 2.05) is 47.1 Å². The third-order valence-electron chi connectivity index (χ3n) is 6.17. The van der Waals surface area contributed by atoms with Gasteiger partial charge in [-0.25, -0.2) is 0 Å². The number of benzene rings is 1.